The summed E-state index contributed by atoms with van der Waals surface area (Å²) in [6, 6.07) is 6.03. The number of benzene rings is 1. The van der Waals surface area contributed by atoms with Crippen LogP contribution in [0.5, 0.6) is 0 Å². The molecule has 1 aromatic heterocycles. The number of nitrogens with one attached hydrogen (secondary N) is 2. The van der Waals surface area contributed by atoms with Gasteiger partial charge in [-0.25, -0.2) is 4.98 Å². The van der Waals surface area contributed by atoms with Crippen LogP contribution >= 0.6 is 23.7 Å². The normalized spacial score (nSPS) is 21.2. The van der Waals surface area contributed by atoms with E-state index in [1.54, 1.807) is 11.3 Å². The predicted octanol–water partition coefficient (Wildman–Crippen LogP) is 3.14. The molecular formula is C15H18ClN3OS. The number of carbonyl (C=O) groups excluding carboxylic acids is 1. The fraction of sp³-hybridized carbons (Fsp3) is 0.467. The van der Waals surface area contributed by atoms with Gasteiger partial charge in [0, 0.05) is 18.2 Å². The van der Waals surface area contributed by atoms with Crippen molar-refractivity contribution in [3.8, 4) is 0 Å². The van der Waals surface area contributed by atoms with Crippen molar-refractivity contribution in [3.63, 3.8) is 0 Å². The molecule has 0 radical (unpaired) electrons. The summed E-state index contributed by atoms with van der Waals surface area (Å²) >= 11 is 1.77. The van der Waals surface area contributed by atoms with Gasteiger partial charge in [-0.1, -0.05) is 0 Å². The van der Waals surface area contributed by atoms with Gasteiger partial charge in [0.2, 0.25) is 5.91 Å². The maximum Gasteiger partial charge on any atom is 0.228 e. The fourth-order valence-electron chi connectivity index (χ4n) is 2.65. The maximum absolute atomic E-state index is 12.1. The van der Waals surface area contributed by atoms with Gasteiger partial charge in [-0.15, -0.1) is 23.7 Å². The highest BCUT2D eigenvalue weighted by atomic mass is 35.5. The van der Waals surface area contributed by atoms with Crippen LogP contribution in [0.1, 0.15) is 30.2 Å². The molecule has 1 aliphatic carbocycles. The number of nitrogens with zero attached hydrogens (tertiary/aromatic N) is 1. The summed E-state index contributed by atoms with van der Waals surface area (Å²) in [6.45, 7) is 1.73. The number of amides is 1. The third-order valence-corrected chi connectivity index (χ3v) is 5.21. The van der Waals surface area contributed by atoms with E-state index in [1.807, 2.05) is 12.1 Å². The molecule has 2 fully saturated rings. The summed E-state index contributed by atoms with van der Waals surface area (Å²) in [7, 11) is 0. The summed E-state index contributed by atoms with van der Waals surface area (Å²) < 4.78 is 1.18. The molecule has 0 bridgehead atoms. The number of halogens is 1. The topological polar surface area (TPSA) is 54.0 Å². The first-order chi connectivity index (χ1) is 9.79. The smallest absolute Gasteiger partial charge is 0.228 e. The van der Waals surface area contributed by atoms with Crippen molar-refractivity contribution in [1.29, 1.82) is 0 Å². The lowest BCUT2D eigenvalue weighted by atomic mass is 10.1. The Kier molecular flexibility index (Phi) is 4.15. The van der Waals surface area contributed by atoms with Crippen LogP contribution in [0.15, 0.2) is 18.2 Å². The van der Waals surface area contributed by atoms with E-state index in [9.17, 15) is 4.79 Å². The average Bonchev–Trinajstić information content (AvgIpc) is 3.00. The number of hydrogen-bond donors (Lipinski definition) is 2. The van der Waals surface area contributed by atoms with E-state index in [2.05, 4.69) is 21.7 Å². The molecule has 2 aliphatic rings. The molecule has 1 aromatic carbocycles. The SMILES string of the molecule is Cl.O=C(Nc1ccc2nc(C3CC3)sc2c1)C1CCNC1. The third kappa shape index (κ3) is 3.05. The van der Waals surface area contributed by atoms with Gasteiger partial charge < -0.3 is 10.6 Å². The van der Waals surface area contributed by atoms with Gasteiger partial charge in [-0.2, -0.15) is 0 Å². The summed E-state index contributed by atoms with van der Waals surface area (Å²) in [4.78, 5) is 16.8. The van der Waals surface area contributed by atoms with Crippen LogP contribution in [-0.4, -0.2) is 24.0 Å². The molecule has 1 unspecified atom stereocenters. The van der Waals surface area contributed by atoms with Gasteiger partial charge in [-0.05, 0) is 44.0 Å². The summed E-state index contributed by atoms with van der Waals surface area (Å²) in [5, 5.41) is 7.51. The lowest BCUT2D eigenvalue weighted by molar-refractivity contribution is -0.119. The van der Waals surface area contributed by atoms with Crippen LogP contribution in [-0.2, 0) is 4.79 Å². The van der Waals surface area contributed by atoms with Gasteiger partial charge in [0.1, 0.15) is 0 Å². The molecule has 21 heavy (non-hydrogen) atoms. The highest BCUT2D eigenvalue weighted by Crippen LogP contribution is 2.43. The van der Waals surface area contributed by atoms with E-state index in [0.29, 0.717) is 5.92 Å². The number of fused-ring (bicyclic) bond motifs is 1. The zero-order valence-corrected chi connectivity index (χ0v) is 13.2. The third-order valence-electron chi connectivity index (χ3n) is 4.03. The van der Waals surface area contributed by atoms with Crippen molar-refractivity contribution in [2.75, 3.05) is 18.4 Å². The van der Waals surface area contributed by atoms with E-state index in [4.69, 9.17) is 0 Å². The van der Waals surface area contributed by atoms with Crippen LogP contribution in [0, 0.1) is 5.92 Å². The van der Waals surface area contributed by atoms with Gasteiger partial charge >= 0.3 is 0 Å². The van der Waals surface area contributed by atoms with Crippen molar-refractivity contribution in [2.45, 2.75) is 25.2 Å². The number of rotatable bonds is 3. The highest BCUT2D eigenvalue weighted by molar-refractivity contribution is 7.18. The molecule has 112 valence electrons. The van der Waals surface area contributed by atoms with Crippen LogP contribution in [0.4, 0.5) is 5.69 Å². The molecule has 0 spiro atoms. The zero-order valence-electron chi connectivity index (χ0n) is 11.6. The fourth-order valence-corrected chi connectivity index (χ4v) is 3.82. The van der Waals surface area contributed by atoms with E-state index >= 15 is 0 Å². The van der Waals surface area contributed by atoms with Crippen molar-refractivity contribution in [1.82, 2.24) is 10.3 Å². The highest BCUT2D eigenvalue weighted by Gasteiger charge is 2.27. The number of aromatic nitrogens is 1. The molecule has 2 heterocycles. The van der Waals surface area contributed by atoms with Crippen molar-refractivity contribution in [2.24, 2.45) is 5.92 Å². The largest absolute Gasteiger partial charge is 0.326 e. The Morgan fingerprint density at radius 2 is 2.19 bits per heavy atom. The van der Waals surface area contributed by atoms with Crippen molar-refractivity contribution < 1.29 is 4.79 Å². The molecule has 1 aliphatic heterocycles. The summed E-state index contributed by atoms with van der Waals surface area (Å²) in [5.74, 6) is 0.922. The van der Waals surface area contributed by atoms with Gasteiger partial charge in [-0.3, -0.25) is 4.79 Å². The molecule has 2 N–H and O–H groups in total. The van der Waals surface area contributed by atoms with Gasteiger partial charge in [0.05, 0.1) is 21.1 Å². The van der Waals surface area contributed by atoms with Gasteiger partial charge in [0.25, 0.3) is 0 Å². The Labute approximate surface area is 133 Å². The Morgan fingerprint density at radius 1 is 1.33 bits per heavy atom. The molecule has 1 saturated carbocycles. The Morgan fingerprint density at radius 3 is 2.90 bits per heavy atom. The Balaban J connectivity index is 0.00000132. The minimum atomic E-state index is 0. The number of hydrogen-bond acceptors (Lipinski definition) is 4. The van der Waals surface area contributed by atoms with E-state index in [1.165, 1.54) is 22.5 Å². The van der Waals surface area contributed by atoms with Crippen LogP contribution in [0.25, 0.3) is 10.2 Å². The second kappa shape index (κ2) is 5.91. The molecule has 1 atom stereocenters. The van der Waals surface area contributed by atoms with Crippen LogP contribution in [0.2, 0.25) is 0 Å². The Bertz CT molecular complexity index is 662. The maximum atomic E-state index is 12.1. The Hall–Kier alpha value is -1.17. The first-order valence-electron chi connectivity index (χ1n) is 7.22. The minimum absolute atomic E-state index is 0. The summed E-state index contributed by atoms with van der Waals surface area (Å²) in [5.41, 5.74) is 1.94. The predicted molar refractivity (Wildman–Crippen MR) is 88.4 cm³/mol. The van der Waals surface area contributed by atoms with Crippen LogP contribution in [0.3, 0.4) is 0 Å². The molecule has 4 nitrogen and oxygen atoms in total. The standard InChI is InChI=1S/C15H17N3OS.ClH/c19-14(10-5-6-16-8-10)17-11-3-4-12-13(7-11)20-15(18-12)9-1-2-9;/h3-4,7,9-10,16H,1-2,5-6,8H2,(H,17,19);1H. The molecule has 1 saturated heterocycles. The van der Waals surface area contributed by atoms with Crippen molar-refractivity contribution in [3.05, 3.63) is 23.2 Å². The van der Waals surface area contributed by atoms with Crippen LogP contribution < -0.4 is 10.6 Å². The molecule has 2 aromatic rings. The summed E-state index contributed by atoms with van der Waals surface area (Å²) in [6.07, 6.45) is 3.48. The molecule has 4 rings (SSSR count). The number of thiazole rings is 1. The first kappa shape index (κ1) is 14.8. The molecule has 1 amide bonds. The zero-order chi connectivity index (χ0) is 13.5. The van der Waals surface area contributed by atoms with Gasteiger partial charge in [0.15, 0.2) is 0 Å². The van der Waals surface area contributed by atoms with E-state index in [-0.39, 0.29) is 24.2 Å². The molecule has 6 heteroatoms. The second-order valence-electron chi connectivity index (χ2n) is 5.69. The van der Waals surface area contributed by atoms with E-state index < -0.39 is 0 Å². The quantitative estimate of drug-likeness (QED) is 0.912. The van der Waals surface area contributed by atoms with E-state index in [0.717, 1.165) is 30.7 Å². The average molecular weight is 324 g/mol. The minimum Gasteiger partial charge on any atom is -0.326 e. The number of anilines is 1. The first-order valence-corrected chi connectivity index (χ1v) is 8.03. The monoisotopic (exact) mass is 323 g/mol. The number of carbonyl (C=O) groups is 1. The van der Waals surface area contributed by atoms with Crippen molar-refractivity contribution >= 4 is 45.6 Å². The molecular weight excluding hydrogens is 306 g/mol. The lowest BCUT2D eigenvalue weighted by Gasteiger charge is -2.09. The lowest BCUT2D eigenvalue weighted by Crippen LogP contribution is -2.24. The second-order valence-corrected chi connectivity index (χ2v) is 6.75.